The van der Waals surface area contributed by atoms with Gasteiger partial charge >= 0.3 is 0 Å². The molecule has 7 nitrogen and oxygen atoms in total. The molecule has 32 heavy (non-hydrogen) atoms. The molecule has 2 aromatic carbocycles. The molecule has 0 saturated carbocycles. The first-order valence-corrected chi connectivity index (χ1v) is 10.2. The van der Waals surface area contributed by atoms with Crippen molar-refractivity contribution in [1.29, 1.82) is 0 Å². The number of carbonyl (C=O) groups excluding carboxylic acids is 1. The summed E-state index contributed by atoms with van der Waals surface area (Å²) in [6.45, 7) is 0.183. The van der Waals surface area contributed by atoms with E-state index in [1.165, 1.54) is 18.3 Å². The van der Waals surface area contributed by atoms with Crippen molar-refractivity contribution in [2.75, 3.05) is 0 Å². The Morgan fingerprint density at radius 3 is 2.75 bits per heavy atom. The maximum absolute atomic E-state index is 14.3. The average molecular weight is 453 g/mol. The summed E-state index contributed by atoms with van der Waals surface area (Å²) >= 11 is 5.87. The fourth-order valence-electron chi connectivity index (χ4n) is 2.85. The number of halogens is 2. The Balaban J connectivity index is 1.26. The van der Waals surface area contributed by atoms with Gasteiger partial charge in [-0.3, -0.25) is 9.78 Å². The number of hydrogen-bond acceptors (Lipinski definition) is 6. The minimum atomic E-state index is -0.527. The van der Waals surface area contributed by atoms with Gasteiger partial charge in [-0.1, -0.05) is 22.8 Å². The highest BCUT2D eigenvalue weighted by atomic mass is 35.5. The normalized spacial score (nSPS) is 10.7. The Bertz CT molecular complexity index is 1200. The van der Waals surface area contributed by atoms with Gasteiger partial charge in [0.05, 0.1) is 6.20 Å². The van der Waals surface area contributed by atoms with E-state index >= 15 is 0 Å². The molecule has 0 aliphatic carbocycles. The molecule has 0 bridgehead atoms. The lowest BCUT2D eigenvalue weighted by molar-refractivity contribution is -0.121. The van der Waals surface area contributed by atoms with Gasteiger partial charge in [0, 0.05) is 36.2 Å². The van der Waals surface area contributed by atoms with Crippen molar-refractivity contribution in [3.8, 4) is 22.9 Å². The summed E-state index contributed by atoms with van der Waals surface area (Å²) in [5.74, 6) is 0.566. The molecule has 4 aromatic rings. The van der Waals surface area contributed by atoms with Gasteiger partial charge < -0.3 is 14.6 Å². The van der Waals surface area contributed by atoms with E-state index in [1.54, 1.807) is 48.7 Å². The monoisotopic (exact) mass is 452 g/mol. The number of benzene rings is 2. The highest BCUT2D eigenvalue weighted by Gasteiger charge is 2.12. The van der Waals surface area contributed by atoms with Crippen molar-refractivity contribution in [1.82, 2.24) is 20.4 Å². The fourth-order valence-corrected chi connectivity index (χ4v) is 2.98. The smallest absolute Gasteiger partial charge is 0.227 e. The summed E-state index contributed by atoms with van der Waals surface area (Å²) in [6, 6.07) is 15.0. The van der Waals surface area contributed by atoms with Crippen LogP contribution in [-0.4, -0.2) is 21.0 Å². The zero-order chi connectivity index (χ0) is 22.3. The third kappa shape index (κ3) is 5.67. The molecule has 4 rings (SSSR count). The molecular formula is C23H18ClFN4O3. The fraction of sp³-hybridized carbons (Fsp3) is 0.130. The number of hydrogen-bond donors (Lipinski definition) is 1. The number of nitrogens with zero attached hydrogens (tertiary/aromatic N) is 3. The maximum Gasteiger partial charge on any atom is 0.227 e. The standard InChI is InChI=1S/C23H18ClFN4O3/c24-17-6-4-16(5-7-17)23-28-22(32-29-23)10-9-21(30)27-13-15-3-8-20(19(25)12-15)31-18-2-1-11-26-14-18/h1-8,11-12,14H,9-10,13H2,(H,27,30). The van der Waals surface area contributed by atoms with Crippen LogP contribution < -0.4 is 10.1 Å². The average Bonchev–Trinajstić information content (AvgIpc) is 3.28. The van der Waals surface area contributed by atoms with E-state index in [-0.39, 0.29) is 24.6 Å². The first-order chi connectivity index (χ1) is 15.6. The highest BCUT2D eigenvalue weighted by Crippen LogP contribution is 2.24. The largest absolute Gasteiger partial charge is 0.453 e. The van der Waals surface area contributed by atoms with Crippen LogP contribution in [0.3, 0.4) is 0 Å². The molecule has 1 amide bonds. The number of carbonyl (C=O) groups is 1. The lowest BCUT2D eigenvalue weighted by Crippen LogP contribution is -2.23. The molecule has 2 aromatic heterocycles. The third-order valence-corrected chi connectivity index (χ3v) is 4.74. The van der Waals surface area contributed by atoms with Crippen LogP contribution in [0.25, 0.3) is 11.4 Å². The number of nitrogens with one attached hydrogen (secondary N) is 1. The van der Waals surface area contributed by atoms with Gasteiger partial charge in [-0.15, -0.1) is 0 Å². The minimum Gasteiger partial charge on any atom is -0.453 e. The third-order valence-electron chi connectivity index (χ3n) is 4.48. The van der Waals surface area contributed by atoms with Gasteiger partial charge in [0.15, 0.2) is 11.6 Å². The predicted octanol–water partition coefficient (Wildman–Crippen LogP) is 4.97. The Morgan fingerprint density at radius 2 is 2.00 bits per heavy atom. The summed E-state index contributed by atoms with van der Waals surface area (Å²) in [4.78, 5) is 20.4. The van der Waals surface area contributed by atoms with Crippen LogP contribution >= 0.6 is 11.6 Å². The highest BCUT2D eigenvalue weighted by molar-refractivity contribution is 6.30. The number of rotatable bonds is 8. The quantitative estimate of drug-likeness (QED) is 0.406. The number of ether oxygens (including phenoxy) is 1. The topological polar surface area (TPSA) is 90.1 Å². The summed E-state index contributed by atoms with van der Waals surface area (Å²) in [5.41, 5.74) is 1.38. The lowest BCUT2D eigenvalue weighted by Gasteiger charge is -2.09. The number of aromatic nitrogens is 3. The molecule has 0 unspecified atom stereocenters. The zero-order valence-corrected chi connectivity index (χ0v) is 17.6. The molecule has 0 saturated heterocycles. The molecular weight excluding hydrogens is 435 g/mol. The molecule has 0 radical (unpaired) electrons. The Labute approximate surface area is 188 Å². The van der Waals surface area contributed by atoms with Crippen LogP contribution in [0.15, 0.2) is 71.5 Å². The molecule has 0 spiro atoms. The van der Waals surface area contributed by atoms with Gasteiger partial charge in [0.1, 0.15) is 5.75 Å². The maximum atomic E-state index is 14.3. The second kappa shape index (κ2) is 10.0. The first kappa shape index (κ1) is 21.5. The van der Waals surface area contributed by atoms with Crippen LogP contribution in [0.1, 0.15) is 17.9 Å². The van der Waals surface area contributed by atoms with E-state index in [2.05, 4.69) is 20.4 Å². The minimum absolute atomic E-state index is 0.0842. The number of amides is 1. The van der Waals surface area contributed by atoms with Gasteiger partial charge in [-0.2, -0.15) is 4.98 Å². The second-order valence-electron chi connectivity index (χ2n) is 6.85. The molecule has 0 atom stereocenters. The van der Waals surface area contributed by atoms with E-state index in [0.717, 1.165) is 5.56 Å². The van der Waals surface area contributed by atoms with E-state index in [1.807, 2.05) is 0 Å². The van der Waals surface area contributed by atoms with E-state index in [0.29, 0.717) is 34.5 Å². The van der Waals surface area contributed by atoms with Gasteiger partial charge in [0.2, 0.25) is 17.6 Å². The molecule has 0 aliphatic heterocycles. The van der Waals surface area contributed by atoms with Crippen molar-refractivity contribution >= 4 is 17.5 Å². The molecule has 2 heterocycles. The van der Waals surface area contributed by atoms with E-state index < -0.39 is 5.82 Å². The Kier molecular flexibility index (Phi) is 6.72. The summed E-state index contributed by atoms with van der Waals surface area (Å²) in [5, 5.41) is 7.28. The van der Waals surface area contributed by atoms with Crippen LogP contribution in [0.2, 0.25) is 5.02 Å². The molecule has 0 fully saturated rings. The van der Waals surface area contributed by atoms with Crippen molar-refractivity contribution in [3.05, 3.63) is 89.3 Å². The van der Waals surface area contributed by atoms with Crippen LogP contribution in [0, 0.1) is 5.82 Å². The Morgan fingerprint density at radius 1 is 1.16 bits per heavy atom. The molecule has 9 heteroatoms. The SMILES string of the molecule is O=C(CCc1nc(-c2ccc(Cl)cc2)no1)NCc1ccc(Oc2cccnc2)c(F)c1. The number of aryl methyl sites for hydroxylation is 1. The van der Waals surface area contributed by atoms with Gasteiger partial charge in [-0.05, 0) is 54.1 Å². The summed E-state index contributed by atoms with van der Waals surface area (Å²) in [6.07, 6.45) is 3.55. The molecule has 162 valence electrons. The molecule has 0 aliphatic rings. The first-order valence-electron chi connectivity index (χ1n) is 9.78. The zero-order valence-electron chi connectivity index (χ0n) is 16.8. The van der Waals surface area contributed by atoms with Crippen LogP contribution in [-0.2, 0) is 17.8 Å². The second-order valence-corrected chi connectivity index (χ2v) is 7.29. The van der Waals surface area contributed by atoms with Crippen molar-refractivity contribution in [3.63, 3.8) is 0 Å². The van der Waals surface area contributed by atoms with Crippen molar-refractivity contribution in [2.24, 2.45) is 0 Å². The van der Waals surface area contributed by atoms with Crippen molar-refractivity contribution < 1.29 is 18.4 Å². The predicted molar refractivity (Wildman–Crippen MR) is 116 cm³/mol. The summed E-state index contributed by atoms with van der Waals surface area (Å²) < 4.78 is 25.0. The number of pyridine rings is 1. The Hall–Kier alpha value is -3.78. The van der Waals surface area contributed by atoms with Crippen LogP contribution in [0.4, 0.5) is 4.39 Å². The summed E-state index contributed by atoms with van der Waals surface area (Å²) in [7, 11) is 0. The van der Waals surface area contributed by atoms with Crippen LogP contribution in [0.5, 0.6) is 11.5 Å². The van der Waals surface area contributed by atoms with E-state index in [9.17, 15) is 9.18 Å². The van der Waals surface area contributed by atoms with Gasteiger partial charge in [-0.25, -0.2) is 4.39 Å². The van der Waals surface area contributed by atoms with E-state index in [4.69, 9.17) is 20.9 Å². The van der Waals surface area contributed by atoms with Gasteiger partial charge in [0.25, 0.3) is 0 Å². The molecule has 1 N–H and O–H groups in total. The lowest BCUT2D eigenvalue weighted by atomic mass is 10.2. The van der Waals surface area contributed by atoms with Crippen molar-refractivity contribution in [2.45, 2.75) is 19.4 Å².